The first-order valence-corrected chi connectivity index (χ1v) is 6.53. The number of nitrogens with zero attached hydrogens (tertiary/aromatic N) is 3. The third-order valence-corrected chi connectivity index (χ3v) is 4.19. The van der Waals surface area contributed by atoms with E-state index in [1.54, 1.807) is 23.5 Å². The van der Waals surface area contributed by atoms with Gasteiger partial charge in [-0.1, -0.05) is 11.3 Å². The molecule has 2 heterocycles. The van der Waals surface area contributed by atoms with E-state index in [0.717, 1.165) is 41.5 Å². The maximum Gasteiger partial charge on any atom is 0.186 e. The van der Waals surface area contributed by atoms with E-state index in [2.05, 4.69) is 21.8 Å². The molecule has 1 aromatic carbocycles. The molecule has 0 N–H and O–H groups in total. The van der Waals surface area contributed by atoms with Gasteiger partial charge in [0, 0.05) is 26.2 Å². The maximum absolute atomic E-state index is 13.1. The molecule has 1 saturated heterocycles. The fraction of sp³-hybridized carbons (Fsp3) is 0.417. The van der Waals surface area contributed by atoms with E-state index in [0.29, 0.717) is 0 Å². The summed E-state index contributed by atoms with van der Waals surface area (Å²) in [6, 6.07) is 4.78. The minimum atomic E-state index is -0.189. The molecule has 0 bridgehead atoms. The van der Waals surface area contributed by atoms with Crippen molar-refractivity contribution >= 4 is 26.7 Å². The van der Waals surface area contributed by atoms with Crippen LogP contribution < -0.4 is 4.90 Å². The number of thiazole rings is 1. The van der Waals surface area contributed by atoms with Crippen molar-refractivity contribution in [1.82, 2.24) is 9.88 Å². The summed E-state index contributed by atoms with van der Waals surface area (Å²) in [6.07, 6.45) is 0. The number of likely N-dealkylation sites (N-methyl/N-ethyl adjacent to an activating group) is 1. The second kappa shape index (κ2) is 4.23. The van der Waals surface area contributed by atoms with Crippen LogP contribution in [0.4, 0.5) is 9.52 Å². The zero-order chi connectivity index (χ0) is 11.8. The number of piperazine rings is 1. The average molecular weight is 251 g/mol. The molecule has 0 spiro atoms. The number of halogens is 1. The summed E-state index contributed by atoms with van der Waals surface area (Å²) in [4.78, 5) is 9.15. The molecule has 90 valence electrons. The third-order valence-electron chi connectivity index (χ3n) is 3.11. The van der Waals surface area contributed by atoms with Crippen LogP contribution >= 0.6 is 11.3 Å². The van der Waals surface area contributed by atoms with Crippen LogP contribution in [0.5, 0.6) is 0 Å². The lowest BCUT2D eigenvalue weighted by Gasteiger charge is -2.31. The van der Waals surface area contributed by atoms with E-state index in [1.807, 2.05) is 0 Å². The molecule has 0 radical (unpaired) electrons. The largest absolute Gasteiger partial charge is 0.345 e. The van der Waals surface area contributed by atoms with E-state index >= 15 is 0 Å². The summed E-state index contributed by atoms with van der Waals surface area (Å²) in [7, 11) is 2.13. The van der Waals surface area contributed by atoms with E-state index in [9.17, 15) is 4.39 Å². The van der Waals surface area contributed by atoms with Gasteiger partial charge in [0.1, 0.15) is 5.82 Å². The lowest BCUT2D eigenvalue weighted by atomic mass is 10.3. The van der Waals surface area contributed by atoms with Gasteiger partial charge >= 0.3 is 0 Å². The summed E-state index contributed by atoms with van der Waals surface area (Å²) in [5.74, 6) is -0.189. The van der Waals surface area contributed by atoms with Crippen molar-refractivity contribution in [3.63, 3.8) is 0 Å². The topological polar surface area (TPSA) is 19.4 Å². The van der Waals surface area contributed by atoms with Crippen LogP contribution in [0.3, 0.4) is 0 Å². The Morgan fingerprint density at radius 1 is 1.24 bits per heavy atom. The highest BCUT2D eigenvalue weighted by Crippen LogP contribution is 2.29. The summed E-state index contributed by atoms with van der Waals surface area (Å²) in [5, 5.41) is 1.01. The molecular weight excluding hydrogens is 237 g/mol. The number of hydrogen-bond acceptors (Lipinski definition) is 4. The van der Waals surface area contributed by atoms with Crippen LogP contribution in [-0.2, 0) is 0 Å². The Morgan fingerprint density at radius 3 is 2.76 bits per heavy atom. The molecule has 1 aromatic heterocycles. The van der Waals surface area contributed by atoms with Crippen LogP contribution in [0, 0.1) is 5.82 Å². The third kappa shape index (κ3) is 2.12. The Labute approximate surface area is 103 Å². The lowest BCUT2D eigenvalue weighted by Crippen LogP contribution is -2.44. The fourth-order valence-electron chi connectivity index (χ4n) is 2.02. The zero-order valence-electron chi connectivity index (χ0n) is 9.69. The minimum absolute atomic E-state index is 0.189. The van der Waals surface area contributed by atoms with Crippen molar-refractivity contribution in [1.29, 1.82) is 0 Å². The van der Waals surface area contributed by atoms with Crippen molar-refractivity contribution in [2.75, 3.05) is 38.1 Å². The maximum atomic E-state index is 13.1. The Balaban J connectivity index is 1.90. The van der Waals surface area contributed by atoms with Crippen molar-refractivity contribution < 1.29 is 4.39 Å². The predicted molar refractivity (Wildman–Crippen MR) is 69.3 cm³/mol. The number of hydrogen-bond donors (Lipinski definition) is 0. The Bertz CT molecular complexity index is 532. The van der Waals surface area contributed by atoms with Crippen LogP contribution in [0.15, 0.2) is 18.2 Å². The lowest BCUT2D eigenvalue weighted by molar-refractivity contribution is 0.313. The van der Waals surface area contributed by atoms with Crippen molar-refractivity contribution in [2.24, 2.45) is 0 Å². The van der Waals surface area contributed by atoms with Gasteiger partial charge in [0.15, 0.2) is 5.13 Å². The minimum Gasteiger partial charge on any atom is -0.345 e. The highest BCUT2D eigenvalue weighted by molar-refractivity contribution is 7.22. The summed E-state index contributed by atoms with van der Waals surface area (Å²) < 4.78 is 14.0. The van der Waals surface area contributed by atoms with E-state index in [1.165, 1.54) is 6.07 Å². The molecule has 1 aliphatic rings. The van der Waals surface area contributed by atoms with Gasteiger partial charge < -0.3 is 9.80 Å². The highest BCUT2D eigenvalue weighted by atomic mass is 32.1. The monoisotopic (exact) mass is 251 g/mol. The highest BCUT2D eigenvalue weighted by Gasteiger charge is 2.17. The quantitative estimate of drug-likeness (QED) is 0.774. The summed E-state index contributed by atoms with van der Waals surface area (Å²) in [5.41, 5.74) is 0.894. The molecular formula is C12H14FN3S. The Morgan fingerprint density at radius 2 is 2.00 bits per heavy atom. The normalized spacial score (nSPS) is 17.9. The molecule has 1 fully saturated rings. The number of aromatic nitrogens is 1. The van der Waals surface area contributed by atoms with E-state index in [4.69, 9.17) is 0 Å². The van der Waals surface area contributed by atoms with Gasteiger partial charge in [0.05, 0.1) is 10.2 Å². The van der Waals surface area contributed by atoms with Crippen molar-refractivity contribution in [2.45, 2.75) is 0 Å². The SMILES string of the molecule is CN1CCN(c2nc3ccc(F)cc3s2)CC1. The molecule has 3 rings (SSSR count). The molecule has 3 nitrogen and oxygen atoms in total. The first-order chi connectivity index (χ1) is 8.22. The van der Waals surface area contributed by atoms with Gasteiger partial charge in [-0.2, -0.15) is 0 Å². The van der Waals surface area contributed by atoms with Gasteiger partial charge in [0.25, 0.3) is 0 Å². The average Bonchev–Trinajstić information content (AvgIpc) is 2.72. The van der Waals surface area contributed by atoms with E-state index < -0.39 is 0 Å². The van der Waals surface area contributed by atoms with Crippen LogP contribution in [0.25, 0.3) is 10.2 Å². The molecule has 0 atom stereocenters. The summed E-state index contributed by atoms with van der Waals surface area (Å²) >= 11 is 1.58. The second-order valence-electron chi connectivity index (χ2n) is 4.40. The van der Waals surface area contributed by atoms with Crippen LogP contribution in [0.2, 0.25) is 0 Å². The van der Waals surface area contributed by atoms with Crippen molar-refractivity contribution in [3.8, 4) is 0 Å². The van der Waals surface area contributed by atoms with Gasteiger partial charge in [-0.3, -0.25) is 0 Å². The number of anilines is 1. The van der Waals surface area contributed by atoms with Crippen LogP contribution in [0.1, 0.15) is 0 Å². The van der Waals surface area contributed by atoms with Crippen molar-refractivity contribution in [3.05, 3.63) is 24.0 Å². The number of fused-ring (bicyclic) bond motifs is 1. The van der Waals surface area contributed by atoms with Gasteiger partial charge in [-0.25, -0.2) is 9.37 Å². The van der Waals surface area contributed by atoms with E-state index in [-0.39, 0.29) is 5.82 Å². The molecule has 5 heteroatoms. The molecule has 2 aromatic rings. The standard InChI is InChI=1S/C12H14FN3S/c1-15-4-6-16(7-5-15)12-14-10-3-2-9(13)8-11(10)17-12/h2-3,8H,4-7H2,1H3. The molecule has 17 heavy (non-hydrogen) atoms. The number of rotatable bonds is 1. The fourth-order valence-corrected chi connectivity index (χ4v) is 3.06. The first kappa shape index (κ1) is 10.9. The molecule has 0 aliphatic carbocycles. The second-order valence-corrected chi connectivity index (χ2v) is 5.41. The molecule has 0 saturated carbocycles. The van der Waals surface area contributed by atoms with Gasteiger partial charge in [-0.15, -0.1) is 0 Å². The summed E-state index contributed by atoms with van der Waals surface area (Å²) in [6.45, 7) is 4.12. The Kier molecular flexibility index (Phi) is 2.72. The zero-order valence-corrected chi connectivity index (χ0v) is 10.5. The smallest absolute Gasteiger partial charge is 0.186 e. The van der Waals surface area contributed by atoms with Gasteiger partial charge in [-0.05, 0) is 25.2 Å². The Hall–Kier alpha value is -1.20. The first-order valence-electron chi connectivity index (χ1n) is 5.72. The van der Waals surface area contributed by atoms with Crippen LogP contribution in [-0.4, -0.2) is 43.1 Å². The predicted octanol–water partition coefficient (Wildman–Crippen LogP) is 2.19. The molecule has 0 amide bonds. The van der Waals surface area contributed by atoms with Gasteiger partial charge in [0.2, 0.25) is 0 Å². The number of benzene rings is 1. The molecule has 0 unspecified atom stereocenters. The molecule has 1 aliphatic heterocycles.